The summed E-state index contributed by atoms with van der Waals surface area (Å²) in [6.45, 7) is 3.46. The molecule has 1 aromatic carbocycles. The van der Waals surface area contributed by atoms with Crippen LogP contribution in [0.5, 0.6) is 0 Å². The van der Waals surface area contributed by atoms with Crippen molar-refractivity contribution < 1.29 is 23.8 Å². The molecular weight excluding hydrogens is 278 g/mol. The molecule has 1 saturated carbocycles. The van der Waals surface area contributed by atoms with Crippen LogP contribution in [0, 0.1) is 36.3 Å². The van der Waals surface area contributed by atoms with Gasteiger partial charge in [-0.05, 0) is 37.3 Å². The average Bonchev–Trinajstić information content (AvgIpc) is 2.86. The quantitative estimate of drug-likeness (QED) is 0.895. The number of halogens is 2. The molecule has 0 aromatic heterocycles. The van der Waals surface area contributed by atoms with Crippen LogP contribution in [0.15, 0.2) is 12.1 Å². The standard InChI is InChI=1S/C16H20F2O3/c1-3-9-5-10(11(6-9)16(20)21)15(19)12-4-8(2)13(17)7-14(12)18/h4,7,9-11,15,19H,3,5-6H2,1-2H3,(H,20,21). The maximum Gasteiger partial charge on any atom is 0.306 e. The van der Waals surface area contributed by atoms with Crippen LogP contribution in [0.3, 0.4) is 0 Å². The SMILES string of the molecule is CCC1CC(C(=O)O)C(C(O)c2cc(C)c(F)cc2F)C1. The lowest BCUT2D eigenvalue weighted by Gasteiger charge is -2.23. The highest BCUT2D eigenvalue weighted by Crippen LogP contribution is 2.45. The molecule has 4 unspecified atom stereocenters. The van der Waals surface area contributed by atoms with Crippen LogP contribution in [0.1, 0.15) is 43.4 Å². The zero-order valence-electron chi connectivity index (χ0n) is 12.1. The third kappa shape index (κ3) is 3.07. The van der Waals surface area contributed by atoms with Gasteiger partial charge in [-0.1, -0.05) is 13.3 Å². The highest BCUT2D eigenvalue weighted by molar-refractivity contribution is 5.71. The van der Waals surface area contributed by atoms with Crippen molar-refractivity contribution in [2.45, 2.75) is 39.2 Å². The monoisotopic (exact) mass is 298 g/mol. The molecule has 1 aliphatic carbocycles. The van der Waals surface area contributed by atoms with Crippen molar-refractivity contribution in [1.29, 1.82) is 0 Å². The number of carbonyl (C=O) groups is 1. The van der Waals surface area contributed by atoms with E-state index in [-0.39, 0.29) is 17.0 Å². The van der Waals surface area contributed by atoms with Gasteiger partial charge in [0, 0.05) is 17.5 Å². The average molecular weight is 298 g/mol. The van der Waals surface area contributed by atoms with Crippen molar-refractivity contribution >= 4 is 5.97 Å². The van der Waals surface area contributed by atoms with E-state index >= 15 is 0 Å². The van der Waals surface area contributed by atoms with E-state index < -0.39 is 35.5 Å². The second-order valence-corrected chi connectivity index (χ2v) is 5.92. The Morgan fingerprint density at radius 3 is 2.57 bits per heavy atom. The number of carboxylic acid groups (broad SMARTS) is 1. The number of rotatable bonds is 4. The van der Waals surface area contributed by atoms with Crippen LogP contribution in [0.2, 0.25) is 0 Å². The molecule has 4 atom stereocenters. The van der Waals surface area contributed by atoms with Gasteiger partial charge in [0.2, 0.25) is 0 Å². The molecule has 0 spiro atoms. The Bertz CT molecular complexity index is 545. The Morgan fingerprint density at radius 1 is 1.33 bits per heavy atom. The van der Waals surface area contributed by atoms with Gasteiger partial charge < -0.3 is 10.2 Å². The molecule has 116 valence electrons. The summed E-state index contributed by atoms with van der Waals surface area (Å²) >= 11 is 0. The van der Waals surface area contributed by atoms with Crippen molar-refractivity contribution in [2.75, 3.05) is 0 Å². The van der Waals surface area contributed by atoms with E-state index in [4.69, 9.17) is 0 Å². The topological polar surface area (TPSA) is 57.5 Å². The van der Waals surface area contributed by atoms with E-state index in [1.165, 1.54) is 13.0 Å². The van der Waals surface area contributed by atoms with Gasteiger partial charge in [-0.25, -0.2) is 8.78 Å². The molecule has 3 nitrogen and oxygen atoms in total. The Kier molecular flexibility index (Phi) is 4.61. The molecule has 0 saturated heterocycles. The maximum atomic E-state index is 13.9. The van der Waals surface area contributed by atoms with Crippen molar-refractivity contribution in [3.63, 3.8) is 0 Å². The van der Waals surface area contributed by atoms with Gasteiger partial charge in [0.15, 0.2) is 0 Å². The van der Waals surface area contributed by atoms with Crippen LogP contribution < -0.4 is 0 Å². The van der Waals surface area contributed by atoms with E-state index in [2.05, 4.69) is 0 Å². The summed E-state index contributed by atoms with van der Waals surface area (Å²) in [6, 6.07) is 2.02. The third-order valence-electron chi connectivity index (χ3n) is 4.61. The molecule has 2 N–H and O–H groups in total. The van der Waals surface area contributed by atoms with Gasteiger partial charge in [-0.2, -0.15) is 0 Å². The molecule has 1 fully saturated rings. The third-order valence-corrected chi connectivity index (χ3v) is 4.61. The molecule has 1 aromatic rings. The summed E-state index contributed by atoms with van der Waals surface area (Å²) in [6.07, 6.45) is 0.652. The summed E-state index contributed by atoms with van der Waals surface area (Å²) in [4.78, 5) is 11.4. The largest absolute Gasteiger partial charge is 0.481 e. The van der Waals surface area contributed by atoms with E-state index in [1.807, 2.05) is 6.92 Å². The molecule has 2 rings (SSSR count). The summed E-state index contributed by atoms with van der Waals surface area (Å²) < 4.78 is 27.2. The number of aliphatic hydroxyl groups excluding tert-OH is 1. The fourth-order valence-electron chi connectivity index (χ4n) is 3.28. The smallest absolute Gasteiger partial charge is 0.306 e. The van der Waals surface area contributed by atoms with Crippen molar-refractivity contribution in [2.24, 2.45) is 17.8 Å². The highest BCUT2D eigenvalue weighted by Gasteiger charge is 2.42. The molecule has 5 heteroatoms. The second-order valence-electron chi connectivity index (χ2n) is 5.92. The highest BCUT2D eigenvalue weighted by atomic mass is 19.1. The molecule has 0 aliphatic heterocycles. The minimum Gasteiger partial charge on any atom is -0.481 e. The molecule has 0 bridgehead atoms. The first-order valence-electron chi connectivity index (χ1n) is 7.21. The van der Waals surface area contributed by atoms with Gasteiger partial charge >= 0.3 is 5.97 Å². The maximum absolute atomic E-state index is 13.9. The van der Waals surface area contributed by atoms with Crippen LogP contribution in [0.25, 0.3) is 0 Å². The van der Waals surface area contributed by atoms with Gasteiger partial charge in [0.05, 0.1) is 12.0 Å². The zero-order chi connectivity index (χ0) is 15.7. The van der Waals surface area contributed by atoms with Crippen molar-refractivity contribution in [3.05, 3.63) is 34.9 Å². The van der Waals surface area contributed by atoms with Crippen molar-refractivity contribution in [1.82, 2.24) is 0 Å². The molecule has 21 heavy (non-hydrogen) atoms. The van der Waals surface area contributed by atoms with Crippen LogP contribution in [-0.4, -0.2) is 16.2 Å². The van der Waals surface area contributed by atoms with Crippen LogP contribution in [0.4, 0.5) is 8.78 Å². The summed E-state index contributed by atoms with van der Waals surface area (Å²) in [5, 5.41) is 19.7. The van der Waals surface area contributed by atoms with E-state index in [1.54, 1.807) is 0 Å². The number of benzene rings is 1. The van der Waals surface area contributed by atoms with E-state index in [9.17, 15) is 23.8 Å². The van der Waals surface area contributed by atoms with Gasteiger partial charge in [-0.15, -0.1) is 0 Å². The lowest BCUT2D eigenvalue weighted by Crippen LogP contribution is -2.24. The number of aliphatic carboxylic acids is 1. The minimum atomic E-state index is -1.22. The first-order chi connectivity index (χ1) is 9.85. The normalized spacial score (nSPS) is 26.8. The predicted molar refractivity (Wildman–Crippen MR) is 73.7 cm³/mol. The number of carboxylic acids is 1. The zero-order valence-corrected chi connectivity index (χ0v) is 12.1. The number of hydrogen-bond acceptors (Lipinski definition) is 2. The first-order valence-corrected chi connectivity index (χ1v) is 7.21. The lowest BCUT2D eigenvalue weighted by molar-refractivity contribution is -0.144. The lowest BCUT2D eigenvalue weighted by atomic mass is 9.86. The fraction of sp³-hybridized carbons (Fsp3) is 0.562. The Hall–Kier alpha value is -1.49. The second kappa shape index (κ2) is 6.10. The van der Waals surface area contributed by atoms with Crippen LogP contribution >= 0.6 is 0 Å². The Labute approximate surface area is 122 Å². The minimum absolute atomic E-state index is 0.0121. The number of aliphatic hydroxyl groups is 1. The molecule has 0 radical (unpaired) electrons. The Morgan fingerprint density at radius 2 is 2.00 bits per heavy atom. The van der Waals surface area contributed by atoms with E-state index in [0.717, 1.165) is 12.5 Å². The molecule has 0 amide bonds. The number of hydrogen-bond donors (Lipinski definition) is 2. The first kappa shape index (κ1) is 15.9. The van der Waals surface area contributed by atoms with Crippen molar-refractivity contribution in [3.8, 4) is 0 Å². The molecule has 0 heterocycles. The van der Waals surface area contributed by atoms with Gasteiger partial charge in [0.1, 0.15) is 11.6 Å². The Balaban J connectivity index is 2.32. The van der Waals surface area contributed by atoms with Crippen LogP contribution in [-0.2, 0) is 4.79 Å². The van der Waals surface area contributed by atoms with Gasteiger partial charge in [0.25, 0.3) is 0 Å². The van der Waals surface area contributed by atoms with E-state index in [0.29, 0.717) is 12.8 Å². The molecule has 1 aliphatic rings. The van der Waals surface area contributed by atoms with Gasteiger partial charge in [-0.3, -0.25) is 4.79 Å². The molecular formula is C16H20F2O3. The predicted octanol–water partition coefficient (Wildman–Crippen LogP) is 3.44. The fourth-order valence-corrected chi connectivity index (χ4v) is 3.28. The summed E-state index contributed by atoms with van der Waals surface area (Å²) in [5.41, 5.74) is 0.226. The summed E-state index contributed by atoms with van der Waals surface area (Å²) in [7, 11) is 0. The summed E-state index contributed by atoms with van der Waals surface area (Å²) in [5.74, 6) is -3.46. The number of aryl methyl sites for hydroxylation is 1.